The lowest BCUT2D eigenvalue weighted by Gasteiger charge is -2.08. The molecule has 17 heavy (non-hydrogen) atoms. The van der Waals surface area contributed by atoms with Crippen LogP contribution in [-0.4, -0.2) is 15.2 Å². The number of aryl methyl sites for hydroxylation is 2. The number of hydrogen-bond acceptors (Lipinski definition) is 1. The van der Waals surface area contributed by atoms with Crippen LogP contribution in [0.25, 0.3) is 0 Å². The summed E-state index contributed by atoms with van der Waals surface area (Å²) in [6.07, 6.45) is 6.54. The van der Waals surface area contributed by atoms with Gasteiger partial charge in [0.1, 0.15) is 0 Å². The van der Waals surface area contributed by atoms with Crippen molar-refractivity contribution >= 4 is 27.5 Å². The Balaban J connectivity index is 2.49. The van der Waals surface area contributed by atoms with Crippen molar-refractivity contribution in [3.8, 4) is 0 Å². The zero-order valence-corrected chi connectivity index (χ0v) is 13.3. The molecular formula is C13H22BrClN2. The molecule has 0 N–H and O–H groups in total. The fraction of sp³-hybridized carbons (Fsp3) is 0.769. The molecule has 4 heteroatoms. The standard InChI is InChI=1S/C13H22BrClN2/c1-4-7-10(15)8-6-9-12-13(14)11(5-2)16-17(12)3/h10H,4-9H2,1-3H3. The molecule has 2 nitrogen and oxygen atoms in total. The van der Waals surface area contributed by atoms with Gasteiger partial charge in [0.25, 0.3) is 0 Å². The molecule has 1 atom stereocenters. The highest BCUT2D eigenvalue weighted by molar-refractivity contribution is 9.10. The maximum atomic E-state index is 6.23. The van der Waals surface area contributed by atoms with Gasteiger partial charge in [-0.05, 0) is 48.0 Å². The van der Waals surface area contributed by atoms with E-state index in [0.717, 1.165) is 37.8 Å². The average molecular weight is 322 g/mol. The molecule has 0 fully saturated rings. The third kappa shape index (κ3) is 4.29. The van der Waals surface area contributed by atoms with E-state index < -0.39 is 0 Å². The highest BCUT2D eigenvalue weighted by Gasteiger charge is 2.12. The number of halogens is 2. The molecule has 1 rings (SSSR count). The van der Waals surface area contributed by atoms with Crippen LogP contribution in [-0.2, 0) is 19.9 Å². The molecule has 0 aliphatic carbocycles. The fourth-order valence-corrected chi connectivity index (χ4v) is 3.23. The van der Waals surface area contributed by atoms with Gasteiger partial charge in [-0.2, -0.15) is 5.10 Å². The zero-order chi connectivity index (χ0) is 12.8. The minimum absolute atomic E-state index is 0.331. The molecule has 0 aromatic carbocycles. The van der Waals surface area contributed by atoms with E-state index >= 15 is 0 Å². The summed E-state index contributed by atoms with van der Waals surface area (Å²) < 4.78 is 3.18. The number of rotatable bonds is 7. The Morgan fingerprint density at radius 2 is 2.06 bits per heavy atom. The Labute approximate surface area is 118 Å². The van der Waals surface area contributed by atoms with Crippen molar-refractivity contribution in [2.24, 2.45) is 7.05 Å². The fourth-order valence-electron chi connectivity index (χ4n) is 2.04. The molecule has 0 saturated carbocycles. The molecule has 0 radical (unpaired) electrons. The Morgan fingerprint density at radius 3 is 2.59 bits per heavy atom. The monoisotopic (exact) mass is 320 g/mol. The summed E-state index contributed by atoms with van der Waals surface area (Å²) in [6.45, 7) is 4.31. The summed E-state index contributed by atoms with van der Waals surface area (Å²) in [4.78, 5) is 0. The summed E-state index contributed by atoms with van der Waals surface area (Å²) in [6, 6.07) is 0. The van der Waals surface area contributed by atoms with Gasteiger partial charge in [-0.3, -0.25) is 4.68 Å². The van der Waals surface area contributed by atoms with E-state index in [1.165, 1.54) is 16.6 Å². The first-order valence-electron chi connectivity index (χ1n) is 6.44. The maximum Gasteiger partial charge on any atom is 0.0766 e. The Hall–Kier alpha value is -0.0200. The predicted molar refractivity (Wildman–Crippen MR) is 77.8 cm³/mol. The second kappa shape index (κ2) is 7.42. The summed E-state index contributed by atoms with van der Waals surface area (Å²) >= 11 is 9.87. The predicted octanol–water partition coefficient (Wildman–Crippen LogP) is 4.48. The molecule has 0 amide bonds. The van der Waals surface area contributed by atoms with Crippen molar-refractivity contribution in [3.63, 3.8) is 0 Å². The molecule has 1 aromatic heterocycles. The van der Waals surface area contributed by atoms with Gasteiger partial charge in [0.05, 0.1) is 15.9 Å². The van der Waals surface area contributed by atoms with Crippen molar-refractivity contribution in [2.45, 2.75) is 57.7 Å². The van der Waals surface area contributed by atoms with Crippen molar-refractivity contribution in [3.05, 3.63) is 15.9 Å². The molecule has 0 bridgehead atoms. The molecule has 0 spiro atoms. The second-order valence-electron chi connectivity index (χ2n) is 4.46. The molecule has 98 valence electrons. The summed E-state index contributed by atoms with van der Waals surface area (Å²) in [5.41, 5.74) is 2.45. The SMILES string of the molecule is CCCC(Cl)CCCc1c(Br)c(CC)nn1C. The van der Waals surface area contributed by atoms with Crippen LogP contribution in [0, 0.1) is 0 Å². The minimum Gasteiger partial charge on any atom is -0.271 e. The minimum atomic E-state index is 0.331. The second-order valence-corrected chi connectivity index (χ2v) is 5.87. The summed E-state index contributed by atoms with van der Waals surface area (Å²) in [5.74, 6) is 0. The van der Waals surface area contributed by atoms with E-state index in [1.807, 2.05) is 11.7 Å². The summed E-state index contributed by atoms with van der Waals surface area (Å²) in [5, 5.41) is 4.83. The van der Waals surface area contributed by atoms with Crippen LogP contribution < -0.4 is 0 Å². The molecule has 0 aliphatic heterocycles. The number of nitrogens with zero attached hydrogens (tertiary/aromatic N) is 2. The van der Waals surface area contributed by atoms with Gasteiger partial charge in [-0.1, -0.05) is 20.3 Å². The first-order chi connectivity index (χ1) is 8.10. The van der Waals surface area contributed by atoms with Gasteiger partial charge in [-0.25, -0.2) is 0 Å². The van der Waals surface area contributed by atoms with Gasteiger partial charge >= 0.3 is 0 Å². The van der Waals surface area contributed by atoms with E-state index in [9.17, 15) is 0 Å². The van der Waals surface area contributed by atoms with Gasteiger partial charge in [-0.15, -0.1) is 11.6 Å². The lowest BCUT2D eigenvalue weighted by atomic mass is 10.1. The third-order valence-electron chi connectivity index (χ3n) is 3.04. The van der Waals surface area contributed by atoms with Crippen LogP contribution in [0.4, 0.5) is 0 Å². The Bertz CT molecular complexity index is 349. The first-order valence-corrected chi connectivity index (χ1v) is 7.67. The highest BCUT2D eigenvalue weighted by atomic mass is 79.9. The largest absolute Gasteiger partial charge is 0.271 e. The smallest absolute Gasteiger partial charge is 0.0766 e. The lowest BCUT2D eigenvalue weighted by Crippen LogP contribution is -2.02. The number of hydrogen-bond donors (Lipinski definition) is 0. The van der Waals surface area contributed by atoms with Crippen molar-refractivity contribution in [1.29, 1.82) is 0 Å². The van der Waals surface area contributed by atoms with Gasteiger partial charge in [0.15, 0.2) is 0 Å². The third-order valence-corrected chi connectivity index (χ3v) is 4.39. The molecule has 1 aromatic rings. The molecule has 0 saturated heterocycles. The zero-order valence-electron chi connectivity index (χ0n) is 11.0. The van der Waals surface area contributed by atoms with Crippen LogP contribution in [0.1, 0.15) is 50.9 Å². The van der Waals surface area contributed by atoms with Gasteiger partial charge < -0.3 is 0 Å². The van der Waals surface area contributed by atoms with Crippen molar-refractivity contribution in [1.82, 2.24) is 9.78 Å². The van der Waals surface area contributed by atoms with Crippen LogP contribution in [0.3, 0.4) is 0 Å². The normalized spacial score (nSPS) is 13.0. The first kappa shape index (κ1) is 15.0. The van der Waals surface area contributed by atoms with Crippen LogP contribution in [0.15, 0.2) is 4.47 Å². The van der Waals surface area contributed by atoms with Gasteiger partial charge in [0, 0.05) is 12.4 Å². The number of alkyl halides is 1. The molecule has 0 aliphatic rings. The quantitative estimate of drug-likeness (QED) is 0.677. The molecule has 1 unspecified atom stereocenters. The topological polar surface area (TPSA) is 17.8 Å². The van der Waals surface area contributed by atoms with Crippen LogP contribution >= 0.6 is 27.5 Å². The van der Waals surface area contributed by atoms with E-state index in [-0.39, 0.29) is 0 Å². The lowest BCUT2D eigenvalue weighted by molar-refractivity contribution is 0.614. The molecule has 1 heterocycles. The highest BCUT2D eigenvalue weighted by Crippen LogP contribution is 2.24. The van der Waals surface area contributed by atoms with Crippen LogP contribution in [0.5, 0.6) is 0 Å². The van der Waals surface area contributed by atoms with E-state index in [2.05, 4.69) is 34.9 Å². The average Bonchev–Trinajstić information content (AvgIpc) is 2.56. The summed E-state index contributed by atoms with van der Waals surface area (Å²) in [7, 11) is 2.02. The Morgan fingerprint density at radius 1 is 1.35 bits per heavy atom. The van der Waals surface area contributed by atoms with Gasteiger partial charge in [0.2, 0.25) is 0 Å². The van der Waals surface area contributed by atoms with E-state index in [0.29, 0.717) is 5.38 Å². The number of aromatic nitrogens is 2. The van der Waals surface area contributed by atoms with Crippen molar-refractivity contribution < 1.29 is 0 Å². The van der Waals surface area contributed by atoms with E-state index in [4.69, 9.17) is 11.6 Å². The van der Waals surface area contributed by atoms with Crippen LogP contribution in [0.2, 0.25) is 0 Å². The maximum absolute atomic E-state index is 6.23. The van der Waals surface area contributed by atoms with E-state index in [1.54, 1.807) is 0 Å². The Kier molecular flexibility index (Phi) is 6.57. The van der Waals surface area contributed by atoms with Crippen molar-refractivity contribution in [2.75, 3.05) is 0 Å². The molecular weight excluding hydrogens is 300 g/mol.